The lowest BCUT2D eigenvalue weighted by Gasteiger charge is -2.04. The number of anilines is 1. The molecule has 1 amide bonds. The van der Waals surface area contributed by atoms with Crippen LogP contribution in [0.4, 0.5) is 5.82 Å². The first-order chi connectivity index (χ1) is 13.1. The van der Waals surface area contributed by atoms with Crippen LogP contribution in [0.15, 0.2) is 42.9 Å². The highest BCUT2D eigenvalue weighted by Gasteiger charge is 2.13. The van der Waals surface area contributed by atoms with Crippen molar-refractivity contribution in [2.45, 2.75) is 19.7 Å². The van der Waals surface area contributed by atoms with Gasteiger partial charge in [-0.05, 0) is 37.1 Å². The molecule has 0 aliphatic heterocycles. The maximum absolute atomic E-state index is 12.6. The van der Waals surface area contributed by atoms with E-state index in [1.54, 1.807) is 31.5 Å². The number of aryl methyl sites for hydroxylation is 1. The summed E-state index contributed by atoms with van der Waals surface area (Å²) in [7, 11) is 0. The first-order valence-electron chi connectivity index (χ1n) is 9.03. The van der Waals surface area contributed by atoms with Crippen LogP contribution >= 0.6 is 11.6 Å². The third-order valence-corrected chi connectivity index (χ3v) is 3.48. The molecule has 2 N–H and O–H groups in total. The van der Waals surface area contributed by atoms with Gasteiger partial charge in [0.2, 0.25) is 5.91 Å². The lowest BCUT2D eigenvalue weighted by Crippen LogP contribution is -2.13. The molecule has 0 aromatic carbocycles. The smallest absolute Gasteiger partial charge is 0.225 e. The van der Waals surface area contributed by atoms with E-state index in [1.165, 1.54) is 12.1 Å². The highest BCUT2D eigenvalue weighted by Crippen LogP contribution is 2.25. The molecule has 0 radical (unpaired) electrons. The van der Waals surface area contributed by atoms with Crippen molar-refractivity contribution in [3.8, 4) is 11.3 Å². The van der Waals surface area contributed by atoms with E-state index in [0.717, 1.165) is 11.8 Å². The number of amides is 1. The summed E-state index contributed by atoms with van der Waals surface area (Å²) in [5, 5.41) is 9.31. The fourth-order valence-corrected chi connectivity index (χ4v) is 2.15. The molecule has 3 aromatic rings. The quantitative estimate of drug-likeness (QED) is 0.694. The molecule has 3 aromatic heterocycles. The molecule has 0 spiro atoms. The van der Waals surface area contributed by atoms with Gasteiger partial charge in [0.05, 0.1) is 5.69 Å². The zero-order chi connectivity index (χ0) is 20.5. The summed E-state index contributed by atoms with van der Waals surface area (Å²) >= 11 is 5.69. The topological polar surface area (TPSA) is 83.6 Å². The van der Waals surface area contributed by atoms with Gasteiger partial charge in [0.15, 0.2) is 5.82 Å². The Morgan fingerprint density at radius 2 is 2.12 bits per heavy atom. The van der Waals surface area contributed by atoms with Crippen molar-refractivity contribution in [1.82, 2.24) is 20.2 Å². The number of carbonyl (C=O) groups excluding carboxylic acids is 1. The molecule has 0 saturated heterocycles. The van der Waals surface area contributed by atoms with Crippen molar-refractivity contribution in [1.29, 1.82) is 0 Å². The molecule has 24 heavy (non-hydrogen) atoms. The van der Waals surface area contributed by atoms with Crippen molar-refractivity contribution < 1.29 is 10.3 Å². The first-order valence-corrected chi connectivity index (χ1v) is 7.41. The van der Waals surface area contributed by atoms with Crippen LogP contribution in [0.25, 0.3) is 11.3 Å². The molecule has 7 heteroatoms. The number of hydrogen-bond acceptors (Lipinski definition) is 4. The SMILES string of the molecule is [2H]C([2H])(C(=O)Nc1n[nH]c(-c2ccncc2)c1C)C([2H])([2H])c1ccc(Cl)nc1. The standard InChI is InChI=1S/C17H16ClN5O/c1-11-16(13-6-8-19-9-7-13)22-23-17(11)21-15(24)5-3-12-2-4-14(18)20-10-12/h2,4,6-10H,3,5H2,1H3,(H2,21,22,23,24)/i3D2,5D2. The summed E-state index contributed by atoms with van der Waals surface area (Å²) in [4.78, 5) is 20.3. The molecular formula is C17H16ClN5O. The van der Waals surface area contributed by atoms with Crippen molar-refractivity contribution >= 4 is 23.3 Å². The Kier molecular flexibility index (Phi) is 3.54. The fourth-order valence-electron chi connectivity index (χ4n) is 2.04. The third-order valence-electron chi connectivity index (χ3n) is 3.26. The van der Waals surface area contributed by atoms with E-state index >= 15 is 0 Å². The lowest BCUT2D eigenvalue weighted by atomic mass is 10.1. The largest absolute Gasteiger partial charge is 0.309 e. The summed E-state index contributed by atoms with van der Waals surface area (Å²) < 4.78 is 32.5. The second kappa shape index (κ2) is 7.23. The molecule has 0 fully saturated rings. The van der Waals surface area contributed by atoms with Crippen molar-refractivity contribution in [3.63, 3.8) is 0 Å². The first kappa shape index (κ1) is 11.8. The van der Waals surface area contributed by atoms with Gasteiger partial charge in [-0.3, -0.25) is 14.9 Å². The average Bonchev–Trinajstić information content (AvgIpc) is 3.03. The van der Waals surface area contributed by atoms with E-state index in [0.29, 0.717) is 11.3 Å². The van der Waals surface area contributed by atoms with E-state index in [9.17, 15) is 4.79 Å². The number of aromatic amines is 1. The summed E-state index contributed by atoms with van der Waals surface area (Å²) in [5.41, 5.74) is 1.92. The van der Waals surface area contributed by atoms with E-state index in [-0.39, 0.29) is 16.5 Å². The van der Waals surface area contributed by atoms with Crippen molar-refractivity contribution in [2.75, 3.05) is 5.32 Å². The maximum Gasteiger partial charge on any atom is 0.225 e. The molecule has 6 nitrogen and oxygen atoms in total. The molecule has 0 unspecified atom stereocenters. The zero-order valence-corrected chi connectivity index (χ0v) is 13.4. The van der Waals surface area contributed by atoms with Crippen molar-refractivity contribution in [2.24, 2.45) is 0 Å². The molecule has 0 saturated carbocycles. The predicted octanol–water partition coefficient (Wildman–Crippen LogP) is 3.40. The number of H-pyrrole nitrogens is 1. The van der Waals surface area contributed by atoms with Crippen LogP contribution in [0.2, 0.25) is 5.15 Å². The van der Waals surface area contributed by atoms with E-state index in [1.807, 2.05) is 0 Å². The number of hydrogen-bond donors (Lipinski definition) is 2. The van der Waals surface area contributed by atoms with Crippen molar-refractivity contribution in [3.05, 3.63) is 59.1 Å². The number of nitrogens with zero attached hydrogens (tertiary/aromatic N) is 3. The Balaban J connectivity index is 1.86. The minimum absolute atomic E-state index is 0.103. The zero-order valence-electron chi connectivity index (χ0n) is 16.7. The van der Waals surface area contributed by atoms with Gasteiger partial charge in [-0.1, -0.05) is 17.7 Å². The molecule has 122 valence electrons. The van der Waals surface area contributed by atoms with Crippen LogP contribution in [0.5, 0.6) is 0 Å². The number of rotatable bonds is 5. The van der Waals surface area contributed by atoms with Gasteiger partial charge in [-0.2, -0.15) is 5.10 Å². The van der Waals surface area contributed by atoms with Crippen LogP contribution in [0, 0.1) is 6.92 Å². The molecule has 0 bridgehead atoms. The van der Waals surface area contributed by atoms with Crippen LogP contribution in [-0.4, -0.2) is 26.1 Å². The van der Waals surface area contributed by atoms with Gasteiger partial charge in [0.1, 0.15) is 5.15 Å². The van der Waals surface area contributed by atoms with Gasteiger partial charge in [-0.25, -0.2) is 4.98 Å². The monoisotopic (exact) mass is 345 g/mol. The molecule has 3 heterocycles. The van der Waals surface area contributed by atoms with Gasteiger partial charge in [0, 0.05) is 41.6 Å². The van der Waals surface area contributed by atoms with Gasteiger partial charge in [0.25, 0.3) is 0 Å². The number of carbonyl (C=O) groups is 1. The number of halogens is 1. The molecule has 3 rings (SSSR count). The minimum atomic E-state index is -2.90. The normalized spacial score (nSPS) is 14.2. The summed E-state index contributed by atoms with van der Waals surface area (Å²) in [6.07, 6.45) is -1.21. The van der Waals surface area contributed by atoms with Gasteiger partial charge >= 0.3 is 0 Å². The average molecular weight is 346 g/mol. The highest BCUT2D eigenvalue weighted by molar-refractivity contribution is 6.29. The van der Waals surface area contributed by atoms with Crippen LogP contribution in [0.1, 0.15) is 23.0 Å². The Hall–Kier alpha value is -2.73. The molecule has 0 atom stereocenters. The minimum Gasteiger partial charge on any atom is -0.309 e. The van der Waals surface area contributed by atoms with E-state index in [4.69, 9.17) is 17.1 Å². The Morgan fingerprint density at radius 3 is 2.83 bits per heavy atom. The second-order valence-electron chi connectivity index (χ2n) is 4.88. The Bertz CT molecular complexity index is 993. The van der Waals surface area contributed by atoms with Gasteiger partial charge < -0.3 is 5.32 Å². The predicted molar refractivity (Wildman–Crippen MR) is 92.8 cm³/mol. The Labute approximate surface area is 149 Å². The Morgan fingerprint density at radius 1 is 1.33 bits per heavy atom. The maximum atomic E-state index is 12.6. The van der Waals surface area contributed by atoms with Gasteiger partial charge in [-0.15, -0.1) is 0 Å². The third kappa shape index (κ3) is 3.78. The molecule has 0 aliphatic carbocycles. The van der Waals surface area contributed by atoms with Crippen LogP contribution < -0.4 is 5.32 Å². The second-order valence-corrected chi connectivity index (χ2v) is 5.27. The van der Waals surface area contributed by atoms with Crippen LogP contribution in [-0.2, 0) is 11.2 Å². The lowest BCUT2D eigenvalue weighted by molar-refractivity contribution is -0.116. The van der Waals surface area contributed by atoms with E-state index in [2.05, 4.69) is 25.5 Å². The summed E-state index contributed by atoms with van der Waals surface area (Å²) in [5.74, 6) is -1.05. The fraction of sp³-hybridized carbons (Fsp3) is 0.176. The number of aromatic nitrogens is 4. The number of nitrogens with one attached hydrogen (secondary N) is 2. The summed E-state index contributed by atoms with van der Waals surface area (Å²) in [6.45, 7) is 1.71. The summed E-state index contributed by atoms with van der Waals surface area (Å²) in [6, 6.07) is 6.15. The molecular weight excluding hydrogens is 326 g/mol. The van der Waals surface area contributed by atoms with Crippen LogP contribution in [0.3, 0.4) is 0 Å². The van der Waals surface area contributed by atoms with E-state index < -0.39 is 18.7 Å². The highest BCUT2D eigenvalue weighted by atomic mass is 35.5. The molecule has 0 aliphatic rings. The number of pyridine rings is 2.